The standard InChI is InChI=1S/C10H12F3N2O2/c1-14-9-4-3-8(10(11,12)13)5-7(9)6-15(16)17-2/h3-5,14H,6H2,1-2H3/q+1. The Balaban J connectivity index is 3.11. The summed E-state index contributed by atoms with van der Waals surface area (Å²) < 4.78 is 37.4. The van der Waals surface area contributed by atoms with Crippen LogP contribution >= 0.6 is 0 Å². The number of nitrogens with zero attached hydrogens (tertiary/aromatic N) is 1. The Labute approximate surface area is 95.9 Å². The summed E-state index contributed by atoms with van der Waals surface area (Å²) in [4.78, 5) is 15.5. The van der Waals surface area contributed by atoms with E-state index in [0.717, 1.165) is 19.2 Å². The number of anilines is 1. The fourth-order valence-electron chi connectivity index (χ4n) is 1.35. The van der Waals surface area contributed by atoms with Crippen LogP contribution in [-0.4, -0.2) is 19.1 Å². The summed E-state index contributed by atoms with van der Waals surface area (Å²) in [7, 11) is 2.72. The summed E-state index contributed by atoms with van der Waals surface area (Å²) in [6.45, 7) is -0.281. The van der Waals surface area contributed by atoms with Crippen LogP contribution in [0.4, 0.5) is 18.9 Å². The van der Waals surface area contributed by atoms with Crippen molar-refractivity contribution < 1.29 is 22.9 Å². The summed E-state index contributed by atoms with van der Waals surface area (Å²) in [5.41, 5.74) is -0.119. The van der Waals surface area contributed by atoms with E-state index >= 15 is 0 Å². The van der Waals surface area contributed by atoms with E-state index < -0.39 is 11.7 Å². The molecule has 0 amide bonds. The van der Waals surface area contributed by atoms with Crippen molar-refractivity contribution in [2.45, 2.75) is 12.7 Å². The summed E-state index contributed by atoms with van der Waals surface area (Å²) in [6.07, 6.45) is -4.43. The Hall–Kier alpha value is -1.79. The number of rotatable bonds is 4. The van der Waals surface area contributed by atoms with Crippen LogP contribution in [0.3, 0.4) is 0 Å². The van der Waals surface area contributed by atoms with Gasteiger partial charge in [-0.1, -0.05) is 0 Å². The molecule has 0 aromatic heterocycles. The molecule has 0 atom stereocenters. The smallest absolute Gasteiger partial charge is 0.388 e. The number of benzene rings is 1. The lowest BCUT2D eigenvalue weighted by Gasteiger charge is -2.10. The van der Waals surface area contributed by atoms with Gasteiger partial charge in [0.25, 0.3) is 6.54 Å². The number of alkyl halides is 3. The van der Waals surface area contributed by atoms with Gasteiger partial charge in [-0.3, -0.25) is 0 Å². The van der Waals surface area contributed by atoms with E-state index in [2.05, 4.69) is 10.2 Å². The first-order valence-electron chi connectivity index (χ1n) is 4.75. The van der Waals surface area contributed by atoms with Crippen LogP contribution < -0.4 is 5.32 Å². The number of hydrogen-bond donors (Lipinski definition) is 1. The lowest BCUT2D eigenvalue weighted by atomic mass is 10.1. The van der Waals surface area contributed by atoms with Gasteiger partial charge in [0.2, 0.25) is 4.92 Å². The van der Waals surface area contributed by atoms with E-state index in [-0.39, 0.29) is 17.0 Å². The van der Waals surface area contributed by atoms with Gasteiger partial charge in [0.15, 0.2) is 7.11 Å². The second kappa shape index (κ2) is 5.03. The second-order valence-electron chi connectivity index (χ2n) is 3.29. The van der Waals surface area contributed by atoms with Crippen LogP contribution in [0, 0.1) is 4.91 Å². The first-order valence-corrected chi connectivity index (χ1v) is 4.75. The van der Waals surface area contributed by atoms with Crippen molar-refractivity contribution in [1.29, 1.82) is 0 Å². The van der Waals surface area contributed by atoms with E-state index in [1.165, 1.54) is 6.07 Å². The molecule has 7 heteroatoms. The Morgan fingerprint density at radius 2 is 2.06 bits per heavy atom. The maximum atomic E-state index is 12.5. The lowest BCUT2D eigenvalue weighted by Crippen LogP contribution is -2.11. The zero-order valence-electron chi connectivity index (χ0n) is 9.34. The molecule has 94 valence electrons. The first kappa shape index (κ1) is 13.3. The molecule has 0 fully saturated rings. The van der Waals surface area contributed by atoms with Gasteiger partial charge in [-0.25, -0.2) is 4.84 Å². The number of hydrogen-bond acceptors (Lipinski definition) is 3. The van der Waals surface area contributed by atoms with Crippen LogP contribution in [0.5, 0.6) is 0 Å². The summed E-state index contributed by atoms with van der Waals surface area (Å²) in [5.74, 6) is 0. The third kappa shape index (κ3) is 3.33. The van der Waals surface area contributed by atoms with E-state index in [1.54, 1.807) is 7.05 Å². The van der Waals surface area contributed by atoms with Crippen LogP contribution in [0.1, 0.15) is 11.1 Å². The van der Waals surface area contributed by atoms with Gasteiger partial charge in [0.05, 0.1) is 16.0 Å². The quantitative estimate of drug-likeness (QED) is 0.834. The highest BCUT2D eigenvalue weighted by Gasteiger charge is 2.31. The maximum Gasteiger partial charge on any atom is 0.416 e. The van der Waals surface area contributed by atoms with E-state index in [4.69, 9.17) is 0 Å². The summed E-state index contributed by atoms with van der Waals surface area (Å²) >= 11 is 0. The molecule has 1 N–H and O–H groups in total. The third-order valence-corrected chi connectivity index (χ3v) is 2.20. The minimum Gasteiger partial charge on any atom is -0.388 e. The molecule has 0 spiro atoms. The Morgan fingerprint density at radius 3 is 2.53 bits per heavy atom. The minimum absolute atomic E-state index is 0.205. The number of halogens is 3. The summed E-state index contributed by atoms with van der Waals surface area (Å²) in [6, 6.07) is 3.16. The monoisotopic (exact) mass is 249 g/mol. The van der Waals surface area contributed by atoms with E-state index in [1.807, 2.05) is 0 Å². The molecule has 4 nitrogen and oxygen atoms in total. The summed E-state index contributed by atoms with van der Waals surface area (Å²) in [5, 5.41) is 2.72. The molecule has 0 saturated carbocycles. The van der Waals surface area contributed by atoms with Gasteiger partial charge in [-0.2, -0.15) is 13.2 Å². The predicted molar refractivity (Wildman–Crippen MR) is 55.3 cm³/mol. The molecule has 0 radical (unpaired) electrons. The SMILES string of the molecule is CNc1ccc(C(F)(F)F)cc1C[N+](=O)OC. The largest absolute Gasteiger partial charge is 0.416 e. The molecule has 0 heterocycles. The number of nitrogens with one attached hydrogen (secondary N) is 1. The zero-order chi connectivity index (χ0) is 13.1. The fraction of sp³-hybridized carbons (Fsp3) is 0.400. The van der Waals surface area contributed by atoms with Crippen LogP contribution in [0.2, 0.25) is 0 Å². The van der Waals surface area contributed by atoms with Gasteiger partial charge in [-0.05, 0) is 18.2 Å². The molecule has 0 unspecified atom stereocenters. The van der Waals surface area contributed by atoms with Crippen molar-refractivity contribution in [2.24, 2.45) is 0 Å². The third-order valence-electron chi connectivity index (χ3n) is 2.20. The van der Waals surface area contributed by atoms with Crippen molar-refractivity contribution in [1.82, 2.24) is 0 Å². The van der Waals surface area contributed by atoms with Gasteiger partial charge >= 0.3 is 6.18 Å². The van der Waals surface area contributed by atoms with Crippen LogP contribution in [0.25, 0.3) is 0 Å². The van der Waals surface area contributed by atoms with Crippen molar-refractivity contribution in [3.8, 4) is 0 Å². The molecule has 1 aromatic carbocycles. The minimum atomic E-state index is -4.43. The molecule has 1 aromatic rings. The molecule has 0 aliphatic carbocycles. The van der Waals surface area contributed by atoms with E-state index in [9.17, 15) is 18.1 Å². The van der Waals surface area contributed by atoms with E-state index in [0.29, 0.717) is 5.69 Å². The molecular formula is C10H12F3N2O2+. The van der Waals surface area contributed by atoms with Crippen molar-refractivity contribution in [2.75, 3.05) is 19.5 Å². The first-order chi connectivity index (χ1) is 7.88. The molecule has 0 bridgehead atoms. The predicted octanol–water partition coefficient (Wildman–Crippen LogP) is 2.59. The van der Waals surface area contributed by atoms with Gasteiger partial charge in [-0.15, -0.1) is 0 Å². The Kier molecular flexibility index (Phi) is 3.93. The topological polar surface area (TPSA) is 41.3 Å². The molecule has 17 heavy (non-hydrogen) atoms. The lowest BCUT2D eigenvalue weighted by molar-refractivity contribution is -0.807. The maximum absolute atomic E-state index is 12.5. The van der Waals surface area contributed by atoms with Gasteiger partial charge < -0.3 is 5.32 Å². The molecular weight excluding hydrogens is 237 g/mol. The van der Waals surface area contributed by atoms with Gasteiger partial charge in [0.1, 0.15) is 0 Å². The highest BCUT2D eigenvalue weighted by Crippen LogP contribution is 2.31. The normalized spacial score (nSPS) is 11.1. The average molecular weight is 249 g/mol. The molecule has 0 aliphatic rings. The van der Waals surface area contributed by atoms with Crippen LogP contribution in [0.15, 0.2) is 18.2 Å². The average Bonchev–Trinajstić information content (AvgIpc) is 2.27. The van der Waals surface area contributed by atoms with Crippen molar-refractivity contribution in [3.05, 3.63) is 34.2 Å². The van der Waals surface area contributed by atoms with Crippen LogP contribution in [-0.2, 0) is 17.6 Å². The Morgan fingerprint density at radius 1 is 1.41 bits per heavy atom. The molecule has 0 saturated heterocycles. The highest BCUT2D eigenvalue weighted by molar-refractivity contribution is 5.52. The van der Waals surface area contributed by atoms with Gasteiger partial charge in [0, 0.05) is 12.7 Å². The van der Waals surface area contributed by atoms with Crippen molar-refractivity contribution in [3.63, 3.8) is 0 Å². The van der Waals surface area contributed by atoms with Crippen molar-refractivity contribution >= 4 is 5.69 Å². The second-order valence-corrected chi connectivity index (χ2v) is 3.29. The molecule has 0 aliphatic heterocycles. The fourth-order valence-corrected chi connectivity index (χ4v) is 1.35. The Bertz CT molecular complexity index is 419. The molecule has 1 rings (SSSR count). The highest BCUT2D eigenvalue weighted by atomic mass is 19.4. The zero-order valence-corrected chi connectivity index (χ0v) is 9.34.